The third-order valence-electron chi connectivity index (χ3n) is 2.61. The Labute approximate surface area is 101 Å². The van der Waals surface area contributed by atoms with Gasteiger partial charge in [0.2, 0.25) is 0 Å². The first kappa shape index (κ1) is 15.2. The molecule has 0 heterocycles. The van der Waals surface area contributed by atoms with Gasteiger partial charge >= 0.3 is 0 Å². The van der Waals surface area contributed by atoms with Crippen LogP contribution in [0.2, 0.25) is 0 Å². The van der Waals surface area contributed by atoms with Crippen LogP contribution in [-0.2, 0) is 0 Å². The van der Waals surface area contributed by atoms with Gasteiger partial charge in [-0.3, -0.25) is 0 Å². The van der Waals surface area contributed by atoms with Gasteiger partial charge in [-0.25, -0.2) is 0 Å². The summed E-state index contributed by atoms with van der Waals surface area (Å²) in [5.74, 6) is 0. The normalized spacial score (nSPS) is 11.6. The van der Waals surface area contributed by atoms with E-state index in [9.17, 15) is 5.11 Å². The lowest BCUT2D eigenvalue weighted by Crippen LogP contribution is -2.00. The second kappa shape index (κ2) is 12.3. The minimum absolute atomic E-state index is 0.308. The first-order valence-corrected chi connectivity index (χ1v) is 6.47. The first-order chi connectivity index (χ1) is 7.81. The number of hydrogen-bond donors (Lipinski definition) is 1. The van der Waals surface area contributed by atoms with E-state index in [4.69, 9.17) is 0 Å². The molecule has 0 aromatic heterocycles. The third kappa shape index (κ3) is 11.3. The van der Waals surface area contributed by atoms with Gasteiger partial charge in [-0.1, -0.05) is 38.2 Å². The van der Waals surface area contributed by atoms with Crippen molar-refractivity contribution in [1.82, 2.24) is 0 Å². The molecule has 16 heavy (non-hydrogen) atoms. The maximum Gasteiger partial charge on any atom is 0.0794 e. The highest BCUT2D eigenvalue weighted by Gasteiger charge is 1.98. The van der Waals surface area contributed by atoms with Gasteiger partial charge in [0.1, 0.15) is 0 Å². The summed E-state index contributed by atoms with van der Waals surface area (Å²) < 4.78 is 0. The summed E-state index contributed by atoms with van der Waals surface area (Å²) >= 11 is 0. The number of rotatable bonds is 10. The van der Waals surface area contributed by atoms with Gasteiger partial charge in [0.05, 0.1) is 6.10 Å². The molecule has 1 heteroatoms. The molecule has 92 valence electrons. The highest BCUT2D eigenvalue weighted by molar-refractivity contribution is 4.87. The predicted molar refractivity (Wildman–Crippen MR) is 71.5 cm³/mol. The maximum absolute atomic E-state index is 9.50. The highest BCUT2D eigenvalue weighted by Crippen LogP contribution is 2.10. The molecule has 0 spiro atoms. The van der Waals surface area contributed by atoms with Crippen LogP contribution in [0.1, 0.15) is 58.3 Å². The Morgan fingerprint density at radius 1 is 1.12 bits per heavy atom. The minimum Gasteiger partial charge on any atom is -0.388 e. The molecule has 0 radical (unpaired) electrons. The van der Waals surface area contributed by atoms with Crippen LogP contribution in [0.25, 0.3) is 0 Å². The molecule has 1 atom stereocenters. The third-order valence-corrected chi connectivity index (χ3v) is 2.61. The van der Waals surface area contributed by atoms with Crippen molar-refractivity contribution >= 4 is 0 Å². The first-order valence-electron chi connectivity index (χ1n) is 6.47. The fourth-order valence-corrected chi connectivity index (χ4v) is 1.64. The van der Waals surface area contributed by atoms with Crippen LogP contribution in [0.4, 0.5) is 0 Å². The lowest BCUT2D eigenvalue weighted by molar-refractivity contribution is 0.208. The average Bonchev–Trinajstić information content (AvgIpc) is 2.30. The van der Waals surface area contributed by atoms with E-state index in [0.29, 0.717) is 0 Å². The van der Waals surface area contributed by atoms with E-state index in [0.717, 1.165) is 19.3 Å². The van der Waals surface area contributed by atoms with Crippen molar-refractivity contribution < 1.29 is 5.11 Å². The molecule has 0 aliphatic carbocycles. The van der Waals surface area contributed by atoms with Gasteiger partial charge in [-0.15, -0.1) is 12.3 Å². The van der Waals surface area contributed by atoms with Crippen LogP contribution >= 0.6 is 0 Å². The Kier molecular flexibility index (Phi) is 11.7. The second-order valence-corrected chi connectivity index (χ2v) is 4.18. The highest BCUT2D eigenvalue weighted by atomic mass is 16.3. The van der Waals surface area contributed by atoms with E-state index < -0.39 is 0 Å². The van der Waals surface area contributed by atoms with Crippen molar-refractivity contribution in [3.05, 3.63) is 30.5 Å². The summed E-state index contributed by atoms with van der Waals surface area (Å²) in [6, 6.07) is 0. The quantitative estimate of drug-likeness (QED) is 0.330. The SMILES string of the molecule is C=CCCCCCCCCC(O)C=C=CC. The number of allylic oxidation sites excluding steroid dienone is 1. The molecule has 1 unspecified atom stereocenters. The van der Waals surface area contributed by atoms with E-state index in [-0.39, 0.29) is 6.10 Å². The van der Waals surface area contributed by atoms with Crippen molar-refractivity contribution in [3.63, 3.8) is 0 Å². The Morgan fingerprint density at radius 3 is 2.38 bits per heavy atom. The molecule has 0 fully saturated rings. The summed E-state index contributed by atoms with van der Waals surface area (Å²) in [5, 5.41) is 9.50. The molecule has 0 saturated heterocycles. The molecule has 0 bridgehead atoms. The van der Waals surface area contributed by atoms with Crippen LogP contribution in [0, 0.1) is 0 Å². The van der Waals surface area contributed by atoms with Gasteiger partial charge in [-0.2, -0.15) is 0 Å². The van der Waals surface area contributed by atoms with Crippen LogP contribution < -0.4 is 0 Å². The predicted octanol–water partition coefficient (Wildman–Crippen LogP) is 4.39. The van der Waals surface area contributed by atoms with Gasteiger partial charge in [0.15, 0.2) is 0 Å². The van der Waals surface area contributed by atoms with Crippen LogP contribution in [0.3, 0.4) is 0 Å². The lowest BCUT2D eigenvalue weighted by atomic mass is 10.1. The zero-order valence-corrected chi connectivity index (χ0v) is 10.6. The Balaban J connectivity index is 3.20. The summed E-state index contributed by atoms with van der Waals surface area (Å²) in [6.07, 6.45) is 14.8. The van der Waals surface area contributed by atoms with Crippen molar-refractivity contribution in [1.29, 1.82) is 0 Å². The zero-order valence-electron chi connectivity index (χ0n) is 10.6. The number of aliphatic hydroxyl groups excluding tert-OH is 1. The van der Waals surface area contributed by atoms with E-state index in [2.05, 4.69) is 12.3 Å². The van der Waals surface area contributed by atoms with Gasteiger partial charge in [0, 0.05) is 0 Å². The maximum atomic E-state index is 9.50. The smallest absolute Gasteiger partial charge is 0.0794 e. The molecule has 0 aliphatic rings. The van der Waals surface area contributed by atoms with Crippen molar-refractivity contribution in [2.45, 2.75) is 64.4 Å². The number of unbranched alkanes of at least 4 members (excludes halogenated alkanes) is 6. The van der Waals surface area contributed by atoms with Crippen molar-refractivity contribution in [3.8, 4) is 0 Å². The molecule has 0 aromatic carbocycles. The zero-order chi connectivity index (χ0) is 12.1. The Bertz CT molecular complexity index is 211. The number of aliphatic hydroxyl groups is 1. The van der Waals surface area contributed by atoms with E-state index in [1.165, 1.54) is 32.1 Å². The average molecular weight is 222 g/mol. The molecular formula is C15H26O. The molecule has 0 aliphatic heterocycles. The summed E-state index contributed by atoms with van der Waals surface area (Å²) in [7, 11) is 0. The lowest BCUT2D eigenvalue weighted by Gasteiger charge is -2.04. The molecule has 0 saturated carbocycles. The second-order valence-electron chi connectivity index (χ2n) is 4.18. The van der Waals surface area contributed by atoms with Crippen LogP contribution in [0.15, 0.2) is 30.5 Å². The monoisotopic (exact) mass is 222 g/mol. The molecule has 0 rings (SSSR count). The van der Waals surface area contributed by atoms with E-state index in [1.54, 1.807) is 6.08 Å². The van der Waals surface area contributed by atoms with Gasteiger partial charge in [0.25, 0.3) is 0 Å². The van der Waals surface area contributed by atoms with Crippen LogP contribution in [-0.4, -0.2) is 11.2 Å². The number of hydrogen-bond acceptors (Lipinski definition) is 1. The van der Waals surface area contributed by atoms with Gasteiger partial charge < -0.3 is 5.11 Å². The summed E-state index contributed by atoms with van der Waals surface area (Å²) in [6.45, 7) is 5.62. The summed E-state index contributed by atoms with van der Waals surface area (Å²) in [5.41, 5.74) is 2.91. The van der Waals surface area contributed by atoms with Crippen molar-refractivity contribution in [2.75, 3.05) is 0 Å². The Hall–Kier alpha value is -0.780. The topological polar surface area (TPSA) is 20.2 Å². The fraction of sp³-hybridized carbons (Fsp3) is 0.667. The molecule has 0 aromatic rings. The van der Waals surface area contributed by atoms with E-state index in [1.807, 2.05) is 19.1 Å². The molecular weight excluding hydrogens is 196 g/mol. The standard InChI is InChI=1S/C15H26O/c1-3-5-7-8-9-10-11-12-14-15(16)13-6-4-2/h3-4,13,15-16H,1,5,7-12,14H2,2H3. The molecule has 1 N–H and O–H groups in total. The largest absolute Gasteiger partial charge is 0.388 e. The van der Waals surface area contributed by atoms with Crippen LogP contribution in [0.5, 0.6) is 0 Å². The summed E-state index contributed by atoms with van der Waals surface area (Å²) in [4.78, 5) is 0. The minimum atomic E-state index is -0.308. The van der Waals surface area contributed by atoms with Gasteiger partial charge in [-0.05, 0) is 38.3 Å². The van der Waals surface area contributed by atoms with Crippen molar-refractivity contribution in [2.24, 2.45) is 0 Å². The molecule has 1 nitrogen and oxygen atoms in total. The molecule has 0 amide bonds. The fourth-order valence-electron chi connectivity index (χ4n) is 1.64. The Morgan fingerprint density at radius 2 is 1.75 bits per heavy atom. The van der Waals surface area contributed by atoms with E-state index >= 15 is 0 Å².